The lowest BCUT2D eigenvalue weighted by Gasteiger charge is -2.22. The second-order valence-corrected chi connectivity index (χ2v) is 5.21. The number of nitrogens with one attached hydrogen (secondary N) is 2. The molecule has 4 nitrogen and oxygen atoms in total. The molecule has 1 amide bonds. The molecular weight excluding hydrogens is 224 g/mol. The topological polar surface area (TPSA) is 61.4 Å². The zero-order valence-electron chi connectivity index (χ0n) is 9.71. The van der Waals surface area contributed by atoms with Gasteiger partial charge in [0.25, 0.3) is 0 Å². The maximum absolute atomic E-state index is 11.7. The van der Waals surface area contributed by atoms with Gasteiger partial charge in [-0.25, -0.2) is 0 Å². The zero-order chi connectivity index (χ0) is 11.6. The van der Waals surface area contributed by atoms with Gasteiger partial charge in [0, 0.05) is 18.9 Å². The third-order valence-corrected chi connectivity index (χ3v) is 3.69. The van der Waals surface area contributed by atoms with E-state index in [2.05, 4.69) is 10.6 Å². The first-order valence-corrected chi connectivity index (χ1v) is 7.20. The molecule has 1 fully saturated rings. The molecular formula is C11H22N2O2S. The predicted octanol–water partition coefficient (Wildman–Crippen LogP) is 0.360. The first-order chi connectivity index (χ1) is 7.84. The molecule has 0 radical (unpaired) electrons. The molecule has 1 unspecified atom stereocenters. The average molecular weight is 246 g/mol. The van der Waals surface area contributed by atoms with Crippen molar-refractivity contribution in [3.8, 4) is 0 Å². The molecule has 1 aliphatic rings. The average Bonchev–Trinajstić information content (AvgIpc) is 2.34. The molecule has 0 aromatic heterocycles. The van der Waals surface area contributed by atoms with Crippen LogP contribution in [-0.2, 0) is 4.79 Å². The third kappa shape index (κ3) is 5.72. The quantitative estimate of drug-likeness (QED) is 0.568. The fourth-order valence-electron chi connectivity index (χ4n) is 1.71. The number of rotatable bonds is 7. The number of carbonyl (C=O) groups excluding carboxylic acids is 1. The molecule has 5 heteroatoms. The van der Waals surface area contributed by atoms with E-state index >= 15 is 0 Å². The lowest BCUT2D eigenvalue weighted by molar-refractivity contribution is -0.123. The Balaban J connectivity index is 1.97. The summed E-state index contributed by atoms with van der Waals surface area (Å²) >= 11 is 1.77. The smallest absolute Gasteiger partial charge is 0.237 e. The Labute approximate surface area is 102 Å². The predicted molar refractivity (Wildman–Crippen MR) is 67.7 cm³/mol. The maximum Gasteiger partial charge on any atom is 0.237 e. The number of aliphatic hydroxyl groups is 1. The standard InChI is InChI=1S/C11H22N2O2S/c14-7-3-8-16-9-6-13-11(15)10-4-1-2-5-12-10/h10,12,14H,1-9H2,(H,13,15). The van der Waals surface area contributed by atoms with Crippen LogP contribution in [0.4, 0.5) is 0 Å². The molecule has 0 aromatic rings. The summed E-state index contributed by atoms with van der Waals surface area (Å²) in [6.07, 6.45) is 4.13. The number of hydrogen-bond acceptors (Lipinski definition) is 4. The fraction of sp³-hybridized carbons (Fsp3) is 0.909. The van der Waals surface area contributed by atoms with Crippen LogP contribution in [0.25, 0.3) is 0 Å². The van der Waals surface area contributed by atoms with Crippen LogP contribution in [0.2, 0.25) is 0 Å². The van der Waals surface area contributed by atoms with Gasteiger partial charge in [-0.3, -0.25) is 4.79 Å². The van der Waals surface area contributed by atoms with Gasteiger partial charge in [-0.05, 0) is 31.6 Å². The fourth-order valence-corrected chi connectivity index (χ4v) is 2.50. The molecule has 0 bridgehead atoms. The largest absolute Gasteiger partial charge is 0.396 e. The van der Waals surface area contributed by atoms with Crippen LogP contribution < -0.4 is 10.6 Å². The molecule has 1 saturated heterocycles. The molecule has 0 saturated carbocycles. The van der Waals surface area contributed by atoms with Crippen molar-refractivity contribution in [3.63, 3.8) is 0 Å². The second-order valence-electron chi connectivity index (χ2n) is 3.98. The minimum Gasteiger partial charge on any atom is -0.396 e. The highest BCUT2D eigenvalue weighted by atomic mass is 32.2. The first kappa shape index (κ1) is 13.8. The molecule has 1 rings (SSSR count). The number of piperidine rings is 1. The summed E-state index contributed by atoms with van der Waals surface area (Å²) in [6, 6.07) is 0.0243. The van der Waals surface area contributed by atoms with Gasteiger partial charge in [0.1, 0.15) is 0 Å². The molecule has 1 heterocycles. The molecule has 0 spiro atoms. The van der Waals surface area contributed by atoms with Gasteiger partial charge in [0.05, 0.1) is 6.04 Å². The highest BCUT2D eigenvalue weighted by Crippen LogP contribution is 2.06. The van der Waals surface area contributed by atoms with Gasteiger partial charge in [-0.1, -0.05) is 6.42 Å². The van der Waals surface area contributed by atoms with Crippen molar-refractivity contribution < 1.29 is 9.90 Å². The highest BCUT2D eigenvalue weighted by Gasteiger charge is 2.19. The first-order valence-electron chi connectivity index (χ1n) is 6.04. The van der Waals surface area contributed by atoms with Crippen LogP contribution in [0.5, 0.6) is 0 Å². The summed E-state index contributed by atoms with van der Waals surface area (Å²) in [6.45, 7) is 1.95. The minimum atomic E-state index is 0.0243. The van der Waals surface area contributed by atoms with Crippen molar-refractivity contribution in [2.45, 2.75) is 31.7 Å². The van der Waals surface area contributed by atoms with Crippen molar-refractivity contribution in [3.05, 3.63) is 0 Å². The van der Waals surface area contributed by atoms with Crippen LogP contribution in [0.1, 0.15) is 25.7 Å². The van der Waals surface area contributed by atoms with Crippen LogP contribution in [-0.4, -0.2) is 48.3 Å². The third-order valence-electron chi connectivity index (χ3n) is 2.62. The number of thioether (sulfide) groups is 1. The lowest BCUT2D eigenvalue weighted by Crippen LogP contribution is -2.47. The molecule has 0 aromatic carbocycles. The summed E-state index contributed by atoms with van der Waals surface area (Å²) in [4.78, 5) is 11.7. The Hall–Kier alpha value is -0.260. The summed E-state index contributed by atoms with van der Waals surface area (Å²) in [5.74, 6) is 2.04. The number of hydrogen-bond donors (Lipinski definition) is 3. The monoisotopic (exact) mass is 246 g/mol. The Morgan fingerprint density at radius 1 is 1.44 bits per heavy atom. The Morgan fingerprint density at radius 2 is 2.31 bits per heavy atom. The molecule has 1 atom stereocenters. The van der Waals surface area contributed by atoms with Crippen LogP contribution in [0.3, 0.4) is 0 Å². The van der Waals surface area contributed by atoms with Crippen LogP contribution in [0, 0.1) is 0 Å². The highest BCUT2D eigenvalue weighted by molar-refractivity contribution is 7.99. The molecule has 0 aliphatic carbocycles. The van der Waals surface area contributed by atoms with Crippen molar-refractivity contribution in [2.75, 3.05) is 31.2 Å². The summed E-state index contributed by atoms with van der Waals surface area (Å²) in [5.41, 5.74) is 0. The number of amides is 1. The summed E-state index contributed by atoms with van der Waals surface area (Å²) < 4.78 is 0. The van der Waals surface area contributed by atoms with E-state index in [0.717, 1.165) is 43.9 Å². The number of aliphatic hydroxyl groups excluding tert-OH is 1. The van der Waals surface area contributed by atoms with Gasteiger partial charge < -0.3 is 15.7 Å². The van der Waals surface area contributed by atoms with E-state index in [0.29, 0.717) is 0 Å². The van der Waals surface area contributed by atoms with E-state index in [4.69, 9.17) is 5.11 Å². The van der Waals surface area contributed by atoms with Gasteiger partial charge >= 0.3 is 0 Å². The molecule has 94 valence electrons. The van der Waals surface area contributed by atoms with Gasteiger partial charge in [-0.15, -0.1) is 0 Å². The molecule has 3 N–H and O–H groups in total. The Morgan fingerprint density at radius 3 is 3.00 bits per heavy atom. The van der Waals surface area contributed by atoms with Gasteiger partial charge in [0.15, 0.2) is 0 Å². The van der Waals surface area contributed by atoms with E-state index in [1.807, 2.05) is 0 Å². The maximum atomic E-state index is 11.7. The normalized spacial score (nSPS) is 20.7. The van der Waals surface area contributed by atoms with E-state index < -0.39 is 0 Å². The van der Waals surface area contributed by atoms with Crippen molar-refractivity contribution >= 4 is 17.7 Å². The van der Waals surface area contributed by atoms with Gasteiger partial charge in [0.2, 0.25) is 5.91 Å². The van der Waals surface area contributed by atoms with E-state index in [1.54, 1.807) is 11.8 Å². The van der Waals surface area contributed by atoms with E-state index in [1.165, 1.54) is 6.42 Å². The Bertz CT molecular complexity index is 196. The second kappa shape index (κ2) is 8.84. The Kier molecular flexibility index (Phi) is 7.63. The minimum absolute atomic E-state index is 0.0243. The SMILES string of the molecule is O=C(NCCSCCCO)C1CCCCN1. The zero-order valence-corrected chi connectivity index (χ0v) is 10.5. The summed E-state index contributed by atoms with van der Waals surface area (Å²) in [7, 11) is 0. The molecule has 16 heavy (non-hydrogen) atoms. The molecule has 1 aliphatic heterocycles. The van der Waals surface area contributed by atoms with Crippen molar-refractivity contribution in [1.29, 1.82) is 0 Å². The van der Waals surface area contributed by atoms with Crippen molar-refractivity contribution in [1.82, 2.24) is 10.6 Å². The lowest BCUT2D eigenvalue weighted by atomic mass is 10.0. The summed E-state index contributed by atoms with van der Waals surface area (Å²) in [5, 5.41) is 14.8. The number of carbonyl (C=O) groups is 1. The van der Waals surface area contributed by atoms with Crippen LogP contribution >= 0.6 is 11.8 Å². The van der Waals surface area contributed by atoms with E-state index in [9.17, 15) is 4.79 Å². The van der Waals surface area contributed by atoms with Crippen molar-refractivity contribution in [2.24, 2.45) is 0 Å². The van der Waals surface area contributed by atoms with E-state index in [-0.39, 0.29) is 18.6 Å². The van der Waals surface area contributed by atoms with Crippen LogP contribution in [0.15, 0.2) is 0 Å². The van der Waals surface area contributed by atoms with Gasteiger partial charge in [-0.2, -0.15) is 11.8 Å².